The van der Waals surface area contributed by atoms with E-state index in [9.17, 15) is 13.6 Å². The van der Waals surface area contributed by atoms with Gasteiger partial charge < -0.3 is 9.64 Å². The summed E-state index contributed by atoms with van der Waals surface area (Å²) in [5.41, 5.74) is 0.643. The number of nitrogens with zero attached hydrogens (tertiary/aromatic N) is 1. The predicted molar refractivity (Wildman–Crippen MR) is 90.1 cm³/mol. The molecule has 2 aromatic carbocycles. The highest BCUT2D eigenvalue weighted by molar-refractivity contribution is 9.10. The van der Waals surface area contributed by atoms with E-state index in [0.29, 0.717) is 37.2 Å². The molecule has 3 nitrogen and oxygen atoms in total. The first-order valence-corrected chi connectivity index (χ1v) is 8.49. The van der Waals surface area contributed by atoms with Crippen LogP contribution in [0.5, 0.6) is 5.75 Å². The SMILES string of the molecule is O=C(c1cccc(Br)c1)N1CCC(Oc2ccc(F)c(F)c2)CC1. The molecule has 6 heteroatoms. The van der Waals surface area contributed by atoms with E-state index in [1.54, 1.807) is 17.0 Å². The van der Waals surface area contributed by atoms with Gasteiger partial charge in [0.25, 0.3) is 5.91 Å². The molecule has 0 aliphatic carbocycles. The molecule has 0 atom stereocenters. The number of piperidine rings is 1. The first-order chi connectivity index (χ1) is 11.5. The lowest BCUT2D eigenvalue weighted by atomic mass is 10.1. The Bertz CT molecular complexity index is 746. The highest BCUT2D eigenvalue weighted by Crippen LogP contribution is 2.22. The molecule has 3 rings (SSSR count). The molecule has 0 radical (unpaired) electrons. The molecule has 1 amide bonds. The minimum atomic E-state index is -0.922. The Labute approximate surface area is 147 Å². The number of amides is 1. The average molecular weight is 396 g/mol. The topological polar surface area (TPSA) is 29.5 Å². The smallest absolute Gasteiger partial charge is 0.253 e. The summed E-state index contributed by atoms with van der Waals surface area (Å²) in [6, 6.07) is 10.8. The number of ether oxygens (including phenoxy) is 1. The number of carbonyl (C=O) groups is 1. The zero-order valence-corrected chi connectivity index (χ0v) is 14.4. The standard InChI is InChI=1S/C18H16BrF2NO2/c19-13-3-1-2-12(10-13)18(23)22-8-6-14(7-9-22)24-15-4-5-16(20)17(21)11-15/h1-5,10-11,14H,6-9H2. The van der Waals surface area contributed by atoms with Gasteiger partial charge in [-0.1, -0.05) is 22.0 Å². The molecule has 1 aliphatic heterocycles. The number of carbonyl (C=O) groups excluding carboxylic acids is 1. The maximum atomic E-state index is 13.2. The molecule has 1 saturated heterocycles. The summed E-state index contributed by atoms with van der Waals surface area (Å²) >= 11 is 3.36. The molecule has 1 aliphatic rings. The summed E-state index contributed by atoms with van der Waals surface area (Å²) in [5, 5.41) is 0. The molecule has 2 aromatic rings. The van der Waals surface area contributed by atoms with Gasteiger partial charge in [0, 0.05) is 42.0 Å². The van der Waals surface area contributed by atoms with Crippen LogP contribution < -0.4 is 4.74 Å². The van der Waals surface area contributed by atoms with Gasteiger partial charge in [-0.25, -0.2) is 8.78 Å². The van der Waals surface area contributed by atoms with Crippen LogP contribution in [-0.4, -0.2) is 30.0 Å². The largest absolute Gasteiger partial charge is 0.490 e. The molecule has 1 heterocycles. The van der Waals surface area contributed by atoms with Crippen molar-refractivity contribution >= 4 is 21.8 Å². The molecule has 0 bridgehead atoms. The van der Waals surface area contributed by atoms with Crippen molar-refractivity contribution in [3.05, 3.63) is 64.1 Å². The summed E-state index contributed by atoms with van der Waals surface area (Å²) < 4.78 is 32.7. The minimum absolute atomic E-state index is 0.0115. The number of hydrogen-bond donors (Lipinski definition) is 0. The normalized spacial score (nSPS) is 15.4. The Morgan fingerprint density at radius 1 is 1.08 bits per heavy atom. The lowest BCUT2D eigenvalue weighted by molar-refractivity contribution is 0.0595. The predicted octanol–water partition coefficient (Wildman–Crippen LogP) is 4.41. The molecule has 0 spiro atoms. The zero-order valence-electron chi connectivity index (χ0n) is 12.8. The van der Waals surface area contributed by atoms with Gasteiger partial charge in [0.05, 0.1) is 0 Å². The van der Waals surface area contributed by atoms with Gasteiger partial charge in [-0.15, -0.1) is 0 Å². The van der Waals surface area contributed by atoms with Gasteiger partial charge >= 0.3 is 0 Å². The third kappa shape index (κ3) is 3.93. The quantitative estimate of drug-likeness (QED) is 0.769. The number of rotatable bonds is 3. The summed E-state index contributed by atoms with van der Waals surface area (Å²) in [5.74, 6) is -1.51. The van der Waals surface area contributed by atoms with Crippen LogP contribution in [0.4, 0.5) is 8.78 Å². The van der Waals surface area contributed by atoms with Crippen LogP contribution >= 0.6 is 15.9 Å². The Morgan fingerprint density at radius 3 is 2.50 bits per heavy atom. The van der Waals surface area contributed by atoms with E-state index in [2.05, 4.69) is 15.9 Å². The Morgan fingerprint density at radius 2 is 1.83 bits per heavy atom. The van der Waals surface area contributed by atoms with Crippen LogP contribution in [0.1, 0.15) is 23.2 Å². The lowest BCUT2D eigenvalue weighted by Gasteiger charge is -2.32. The van der Waals surface area contributed by atoms with Gasteiger partial charge in [0.2, 0.25) is 0 Å². The molecular formula is C18H16BrF2NO2. The summed E-state index contributed by atoms with van der Waals surface area (Å²) in [4.78, 5) is 14.3. The Balaban J connectivity index is 1.57. The summed E-state index contributed by atoms with van der Waals surface area (Å²) in [7, 11) is 0. The lowest BCUT2D eigenvalue weighted by Crippen LogP contribution is -2.41. The van der Waals surface area contributed by atoms with Crippen LogP contribution in [0.25, 0.3) is 0 Å². The van der Waals surface area contributed by atoms with Crippen molar-refractivity contribution < 1.29 is 18.3 Å². The van der Waals surface area contributed by atoms with Crippen molar-refractivity contribution in [3.8, 4) is 5.75 Å². The fourth-order valence-corrected chi connectivity index (χ4v) is 3.12. The van der Waals surface area contributed by atoms with E-state index in [1.165, 1.54) is 6.07 Å². The van der Waals surface area contributed by atoms with E-state index >= 15 is 0 Å². The second kappa shape index (κ2) is 7.30. The van der Waals surface area contributed by atoms with E-state index in [0.717, 1.165) is 16.6 Å². The van der Waals surface area contributed by atoms with Gasteiger partial charge in [0.15, 0.2) is 11.6 Å². The Kier molecular flexibility index (Phi) is 5.14. The molecule has 126 valence electrons. The van der Waals surface area contributed by atoms with Crippen molar-refractivity contribution in [2.45, 2.75) is 18.9 Å². The first-order valence-electron chi connectivity index (χ1n) is 7.69. The molecular weight excluding hydrogens is 380 g/mol. The minimum Gasteiger partial charge on any atom is -0.490 e. The average Bonchev–Trinajstić information content (AvgIpc) is 2.58. The van der Waals surface area contributed by atoms with Gasteiger partial charge in [0.1, 0.15) is 11.9 Å². The molecule has 24 heavy (non-hydrogen) atoms. The molecule has 1 fully saturated rings. The van der Waals surface area contributed by atoms with E-state index in [-0.39, 0.29) is 12.0 Å². The van der Waals surface area contributed by atoms with E-state index < -0.39 is 11.6 Å². The third-order valence-electron chi connectivity index (χ3n) is 3.99. The second-order valence-electron chi connectivity index (χ2n) is 5.70. The number of halogens is 3. The van der Waals surface area contributed by atoms with Crippen LogP contribution in [-0.2, 0) is 0 Å². The third-order valence-corrected chi connectivity index (χ3v) is 4.49. The van der Waals surface area contributed by atoms with Crippen molar-refractivity contribution in [2.75, 3.05) is 13.1 Å². The summed E-state index contributed by atoms with van der Waals surface area (Å²) in [6.45, 7) is 1.14. The van der Waals surface area contributed by atoms with Gasteiger partial charge in [-0.3, -0.25) is 4.79 Å². The molecule has 0 aromatic heterocycles. The maximum absolute atomic E-state index is 13.2. The second-order valence-corrected chi connectivity index (χ2v) is 6.61. The van der Waals surface area contributed by atoms with Crippen LogP contribution in [0.2, 0.25) is 0 Å². The molecule has 0 N–H and O–H groups in total. The van der Waals surface area contributed by atoms with Crippen LogP contribution in [0, 0.1) is 11.6 Å². The fourth-order valence-electron chi connectivity index (χ4n) is 2.72. The van der Waals surface area contributed by atoms with E-state index in [4.69, 9.17) is 4.74 Å². The molecule has 0 saturated carbocycles. The number of hydrogen-bond acceptors (Lipinski definition) is 2. The van der Waals surface area contributed by atoms with Crippen molar-refractivity contribution in [2.24, 2.45) is 0 Å². The van der Waals surface area contributed by atoms with E-state index in [1.807, 2.05) is 12.1 Å². The molecule has 0 unspecified atom stereocenters. The van der Waals surface area contributed by atoms with Gasteiger partial charge in [-0.2, -0.15) is 0 Å². The Hall–Kier alpha value is -1.95. The zero-order chi connectivity index (χ0) is 17.1. The van der Waals surface area contributed by atoms with Crippen LogP contribution in [0.3, 0.4) is 0 Å². The number of benzene rings is 2. The fraction of sp³-hybridized carbons (Fsp3) is 0.278. The van der Waals surface area contributed by atoms with Crippen molar-refractivity contribution in [3.63, 3.8) is 0 Å². The monoisotopic (exact) mass is 395 g/mol. The van der Waals surface area contributed by atoms with Gasteiger partial charge in [-0.05, 0) is 30.3 Å². The maximum Gasteiger partial charge on any atom is 0.253 e. The van der Waals surface area contributed by atoms with Crippen molar-refractivity contribution in [1.82, 2.24) is 4.90 Å². The summed E-state index contributed by atoms with van der Waals surface area (Å²) in [6.07, 6.45) is 1.19. The van der Waals surface area contributed by atoms with Crippen molar-refractivity contribution in [1.29, 1.82) is 0 Å². The number of likely N-dealkylation sites (tertiary alicyclic amines) is 1. The highest BCUT2D eigenvalue weighted by Gasteiger charge is 2.25. The highest BCUT2D eigenvalue weighted by atomic mass is 79.9. The first kappa shape index (κ1) is 16.9. The van der Waals surface area contributed by atoms with Crippen LogP contribution in [0.15, 0.2) is 46.9 Å².